The standard InChI is InChI=1S/C18H25NOS/c1-18(2,3)16-10-9-15(12-19)17(11-16)21(20)13-14-7-5-4-6-8-14/h4-8,15-17H,9-11,13H2,1-3H3. The zero-order valence-corrected chi connectivity index (χ0v) is 14.0. The maximum absolute atomic E-state index is 12.8. The molecular weight excluding hydrogens is 278 g/mol. The molecule has 0 spiro atoms. The molecule has 4 atom stereocenters. The van der Waals surface area contributed by atoms with E-state index >= 15 is 0 Å². The Labute approximate surface area is 131 Å². The van der Waals surface area contributed by atoms with E-state index in [4.69, 9.17) is 0 Å². The van der Waals surface area contributed by atoms with Crippen LogP contribution in [0.4, 0.5) is 0 Å². The van der Waals surface area contributed by atoms with Gasteiger partial charge >= 0.3 is 0 Å². The molecule has 0 radical (unpaired) electrons. The molecule has 0 N–H and O–H groups in total. The van der Waals surface area contributed by atoms with E-state index < -0.39 is 10.8 Å². The number of hydrogen-bond donors (Lipinski definition) is 0. The van der Waals surface area contributed by atoms with Crippen molar-refractivity contribution >= 4 is 10.8 Å². The van der Waals surface area contributed by atoms with Crippen LogP contribution in [0.15, 0.2) is 30.3 Å². The minimum Gasteiger partial charge on any atom is -0.259 e. The molecule has 0 amide bonds. The third-order valence-electron chi connectivity index (χ3n) is 4.67. The van der Waals surface area contributed by atoms with E-state index in [0.29, 0.717) is 11.7 Å². The van der Waals surface area contributed by atoms with Gasteiger partial charge in [-0.3, -0.25) is 4.21 Å². The molecule has 2 nitrogen and oxygen atoms in total. The Morgan fingerprint density at radius 1 is 1.24 bits per heavy atom. The van der Waals surface area contributed by atoms with Gasteiger partial charge in [-0.05, 0) is 36.2 Å². The minimum atomic E-state index is -0.965. The topological polar surface area (TPSA) is 40.9 Å². The molecule has 3 heteroatoms. The SMILES string of the molecule is CC(C)(C)C1CCC(C#N)C(S(=O)Cc2ccccc2)C1. The number of nitrogens with zero attached hydrogens (tertiary/aromatic N) is 1. The second-order valence-electron chi connectivity index (χ2n) is 7.16. The lowest BCUT2D eigenvalue weighted by Gasteiger charge is -2.39. The van der Waals surface area contributed by atoms with Gasteiger partial charge in [-0.2, -0.15) is 5.26 Å². The molecule has 1 saturated carbocycles. The summed E-state index contributed by atoms with van der Waals surface area (Å²) in [4.78, 5) is 0. The van der Waals surface area contributed by atoms with Gasteiger partial charge in [0.15, 0.2) is 0 Å². The maximum atomic E-state index is 12.8. The van der Waals surface area contributed by atoms with Crippen LogP contribution in [0.1, 0.15) is 45.6 Å². The van der Waals surface area contributed by atoms with Crippen molar-refractivity contribution in [3.05, 3.63) is 35.9 Å². The quantitative estimate of drug-likeness (QED) is 0.835. The molecule has 1 aromatic rings. The molecule has 0 aliphatic heterocycles. The molecule has 114 valence electrons. The van der Waals surface area contributed by atoms with Crippen molar-refractivity contribution in [2.24, 2.45) is 17.3 Å². The molecule has 21 heavy (non-hydrogen) atoms. The van der Waals surface area contributed by atoms with Crippen molar-refractivity contribution in [3.8, 4) is 6.07 Å². The highest BCUT2D eigenvalue weighted by Crippen LogP contribution is 2.41. The van der Waals surface area contributed by atoms with Crippen LogP contribution in [0.25, 0.3) is 0 Å². The first-order valence-electron chi connectivity index (χ1n) is 7.72. The van der Waals surface area contributed by atoms with Crippen molar-refractivity contribution in [3.63, 3.8) is 0 Å². The third kappa shape index (κ3) is 4.17. The zero-order chi connectivity index (χ0) is 15.5. The second kappa shape index (κ2) is 6.75. The van der Waals surface area contributed by atoms with Gasteiger partial charge in [0.05, 0.1) is 17.2 Å². The summed E-state index contributed by atoms with van der Waals surface area (Å²) in [5.41, 5.74) is 1.33. The number of nitriles is 1. The Morgan fingerprint density at radius 3 is 2.48 bits per heavy atom. The summed E-state index contributed by atoms with van der Waals surface area (Å²) in [5, 5.41) is 9.40. The summed E-state index contributed by atoms with van der Waals surface area (Å²) in [6.07, 6.45) is 2.89. The molecule has 2 rings (SSSR count). The maximum Gasteiger partial charge on any atom is 0.0668 e. The summed E-state index contributed by atoms with van der Waals surface area (Å²) in [7, 11) is -0.965. The van der Waals surface area contributed by atoms with Gasteiger partial charge in [0.1, 0.15) is 0 Å². The van der Waals surface area contributed by atoms with Crippen molar-refractivity contribution < 1.29 is 4.21 Å². The summed E-state index contributed by atoms with van der Waals surface area (Å²) < 4.78 is 12.8. The average molecular weight is 303 g/mol. The Bertz CT molecular complexity index is 526. The number of benzene rings is 1. The van der Waals surface area contributed by atoms with E-state index in [0.717, 1.165) is 24.8 Å². The Balaban J connectivity index is 2.10. The molecule has 0 saturated heterocycles. The first kappa shape index (κ1) is 16.2. The predicted octanol–water partition coefficient (Wildman–Crippen LogP) is 4.29. The van der Waals surface area contributed by atoms with Gasteiger partial charge in [-0.1, -0.05) is 51.1 Å². The molecule has 1 aromatic carbocycles. The van der Waals surface area contributed by atoms with Gasteiger partial charge in [0, 0.05) is 16.6 Å². The normalized spacial score (nSPS) is 27.8. The minimum absolute atomic E-state index is 0.0215. The number of hydrogen-bond acceptors (Lipinski definition) is 2. The Kier molecular flexibility index (Phi) is 5.22. The summed E-state index contributed by atoms with van der Waals surface area (Å²) >= 11 is 0. The van der Waals surface area contributed by atoms with Gasteiger partial charge in [0.2, 0.25) is 0 Å². The third-order valence-corrected chi connectivity index (χ3v) is 6.49. The lowest BCUT2D eigenvalue weighted by atomic mass is 9.70. The fourth-order valence-electron chi connectivity index (χ4n) is 3.20. The van der Waals surface area contributed by atoms with Crippen molar-refractivity contribution in [2.75, 3.05) is 0 Å². The fourth-order valence-corrected chi connectivity index (χ4v) is 4.94. The number of rotatable bonds is 3. The largest absolute Gasteiger partial charge is 0.259 e. The van der Waals surface area contributed by atoms with Crippen LogP contribution in [0.5, 0.6) is 0 Å². The van der Waals surface area contributed by atoms with Crippen molar-refractivity contribution in [1.29, 1.82) is 5.26 Å². The van der Waals surface area contributed by atoms with Crippen molar-refractivity contribution in [1.82, 2.24) is 0 Å². The zero-order valence-electron chi connectivity index (χ0n) is 13.2. The van der Waals surface area contributed by atoms with Crippen LogP contribution in [-0.2, 0) is 16.6 Å². The smallest absolute Gasteiger partial charge is 0.0668 e. The summed E-state index contributed by atoms with van der Waals surface area (Å²) in [6.45, 7) is 6.75. The van der Waals surface area contributed by atoms with E-state index in [-0.39, 0.29) is 16.6 Å². The predicted molar refractivity (Wildman–Crippen MR) is 88.0 cm³/mol. The lowest BCUT2D eigenvalue weighted by molar-refractivity contribution is 0.167. The molecule has 0 bridgehead atoms. The van der Waals surface area contributed by atoms with E-state index in [2.05, 4.69) is 26.8 Å². The lowest BCUT2D eigenvalue weighted by Crippen LogP contribution is -2.37. The molecule has 4 unspecified atom stereocenters. The van der Waals surface area contributed by atoms with E-state index in [1.807, 2.05) is 30.3 Å². The highest BCUT2D eigenvalue weighted by Gasteiger charge is 2.38. The van der Waals surface area contributed by atoms with Gasteiger partial charge in [0.25, 0.3) is 0 Å². The average Bonchev–Trinajstić information content (AvgIpc) is 2.46. The molecule has 0 heterocycles. The monoisotopic (exact) mass is 303 g/mol. The van der Waals surface area contributed by atoms with Crippen LogP contribution >= 0.6 is 0 Å². The van der Waals surface area contributed by atoms with Gasteiger partial charge in [-0.15, -0.1) is 0 Å². The van der Waals surface area contributed by atoms with E-state index in [9.17, 15) is 9.47 Å². The molecule has 0 aromatic heterocycles. The molecule has 1 aliphatic rings. The van der Waals surface area contributed by atoms with Crippen LogP contribution in [0, 0.1) is 28.6 Å². The second-order valence-corrected chi connectivity index (χ2v) is 8.82. The highest BCUT2D eigenvalue weighted by atomic mass is 32.2. The first-order valence-corrected chi connectivity index (χ1v) is 9.10. The van der Waals surface area contributed by atoms with Crippen LogP contribution in [-0.4, -0.2) is 9.46 Å². The van der Waals surface area contributed by atoms with E-state index in [1.54, 1.807) is 0 Å². The Morgan fingerprint density at radius 2 is 1.90 bits per heavy atom. The molecule has 1 fully saturated rings. The van der Waals surface area contributed by atoms with Crippen LogP contribution < -0.4 is 0 Å². The highest BCUT2D eigenvalue weighted by molar-refractivity contribution is 7.84. The van der Waals surface area contributed by atoms with Crippen LogP contribution in [0.3, 0.4) is 0 Å². The van der Waals surface area contributed by atoms with Gasteiger partial charge < -0.3 is 0 Å². The summed E-state index contributed by atoms with van der Waals surface area (Å²) in [5.74, 6) is 1.08. The van der Waals surface area contributed by atoms with Gasteiger partial charge in [-0.25, -0.2) is 0 Å². The molecular formula is C18H25NOS. The fraction of sp³-hybridized carbons (Fsp3) is 0.611. The van der Waals surface area contributed by atoms with Crippen LogP contribution in [0.2, 0.25) is 0 Å². The van der Waals surface area contributed by atoms with Crippen molar-refractivity contribution in [2.45, 2.75) is 51.0 Å². The molecule has 1 aliphatic carbocycles. The Hall–Kier alpha value is -1.14. The first-order chi connectivity index (χ1) is 9.91. The van der Waals surface area contributed by atoms with E-state index in [1.165, 1.54) is 0 Å². The summed E-state index contributed by atoms with van der Waals surface area (Å²) in [6, 6.07) is 12.4.